The molecule has 2 heteroatoms. The number of Topliss-reactive ketones (excluding diaryl/α,β-unsaturated/α-hetero) is 1. The molecule has 17 heavy (non-hydrogen) atoms. The van der Waals surface area contributed by atoms with E-state index in [1.807, 2.05) is 32.0 Å². The number of ether oxygens (including phenoxy) is 1. The van der Waals surface area contributed by atoms with Gasteiger partial charge in [0.2, 0.25) is 0 Å². The van der Waals surface area contributed by atoms with Crippen LogP contribution in [0.25, 0.3) is 0 Å². The quantitative estimate of drug-likeness (QED) is 0.645. The Morgan fingerprint density at radius 3 is 2.65 bits per heavy atom. The third kappa shape index (κ3) is 5.64. The standard InChI is InChI=1S/C15H22O2/c1-3-13(2)15(16)12-17-11-7-10-14-8-5-4-6-9-14/h4-6,8-9,13H,3,7,10-12H2,1-2H3. The molecule has 1 aromatic rings. The van der Waals surface area contributed by atoms with Gasteiger partial charge in [-0.2, -0.15) is 0 Å². The molecule has 0 aliphatic carbocycles. The third-order valence-electron chi connectivity index (χ3n) is 3.00. The van der Waals surface area contributed by atoms with Gasteiger partial charge in [0.1, 0.15) is 6.61 Å². The van der Waals surface area contributed by atoms with Gasteiger partial charge >= 0.3 is 0 Å². The maximum Gasteiger partial charge on any atom is 0.161 e. The largest absolute Gasteiger partial charge is 0.374 e. The normalized spacial score (nSPS) is 12.4. The van der Waals surface area contributed by atoms with Crippen molar-refractivity contribution in [2.45, 2.75) is 33.1 Å². The first-order chi connectivity index (χ1) is 8.24. The minimum absolute atomic E-state index is 0.129. The van der Waals surface area contributed by atoms with Crippen LogP contribution in [-0.2, 0) is 16.0 Å². The van der Waals surface area contributed by atoms with Crippen LogP contribution in [0, 0.1) is 5.92 Å². The van der Waals surface area contributed by atoms with Crippen molar-refractivity contribution in [1.82, 2.24) is 0 Å². The smallest absolute Gasteiger partial charge is 0.161 e. The molecule has 0 fully saturated rings. The van der Waals surface area contributed by atoms with Crippen molar-refractivity contribution in [2.24, 2.45) is 5.92 Å². The van der Waals surface area contributed by atoms with Gasteiger partial charge < -0.3 is 4.74 Å². The lowest BCUT2D eigenvalue weighted by molar-refractivity contribution is -0.127. The fourth-order valence-electron chi connectivity index (χ4n) is 1.57. The summed E-state index contributed by atoms with van der Waals surface area (Å²) in [5, 5.41) is 0. The maximum absolute atomic E-state index is 11.5. The van der Waals surface area contributed by atoms with Crippen LogP contribution >= 0.6 is 0 Å². The highest BCUT2D eigenvalue weighted by Crippen LogP contribution is 2.04. The van der Waals surface area contributed by atoms with Crippen LogP contribution < -0.4 is 0 Å². The fraction of sp³-hybridized carbons (Fsp3) is 0.533. The Hall–Kier alpha value is -1.15. The topological polar surface area (TPSA) is 26.3 Å². The number of carbonyl (C=O) groups excluding carboxylic acids is 1. The lowest BCUT2D eigenvalue weighted by atomic mass is 10.0. The Balaban J connectivity index is 2.07. The van der Waals surface area contributed by atoms with Crippen molar-refractivity contribution < 1.29 is 9.53 Å². The van der Waals surface area contributed by atoms with E-state index >= 15 is 0 Å². The first kappa shape index (κ1) is 13.9. The first-order valence-electron chi connectivity index (χ1n) is 6.38. The predicted octanol–water partition coefficient (Wildman–Crippen LogP) is 3.25. The molecule has 0 aliphatic heterocycles. The molecule has 0 amide bonds. The fourth-order valence-corrected chi connectivity index (χ4v) is 1.57. The minimum atomic E-state index is 0.129. The summed E-state index contributed by atoms with van der Waals surface area (Å²) < 4.78 is 5.39. The van der Waals surface area contributed by atoms with Gasteiger partial charge in [-0.3, -0.25) is 4.79 Å². The Bertz CT molecular complexity index is 319. The third-order valence-corrected chi connectivity index (χ3v) is 3.00. The van der Waals surface area contributed by atoms with E-state index in [0.29, 0.717) is 6.61 Å². The SMILES string of the molecule is CCC(C)C(=O)COCCCc1ccccc1. The molecular weight excluding hydrogens is 212 g/mol. The van der Waals surface area contributed by atoms with Crippen LogP contribution in [0.2, 0.25) is 0 Å². The van der Waals surface area contributed by atoms with Crippen LogP contribution in [0.3, 0.4) is 0 Å². The van der Waals surface area contributed by atoms with Gasteiger partial charge in [-0.15, -0.1) is 0 Å². The van der Waals surface area contributed by atoms with Crippen molar-refractivity contribution in [1.29, 1.82) is 0 Å². The Kier molecular flexibility index (Phi) is 6.56. The molecule has 0 radical (unpaired) electrons. The summed E-state index contributed by atoms with van der Waals surface area (Å²) in [4.78, 5) is 11.5. The number of hydrogen-bond donors (Lipinski definition) is 0. The molecule has 0 aliphatic rings. The number of benzene rings is 1. The average molecular weight is 234 g/mol. The monoisotopic (exact) mass is 234 g/mol. The molecule has 0 N–H and O–H groups in total. The van der Waals surface area contributed by atoms with E-state index < -0.39 is 0 Å². The number of hydrogen-bond acceptors (Lipinski definition) is 2. The van der Waals surface area contributed by atoms with E-state index in [9.17, 15) is 4.79 Å². The maximum atomic E-state index is 11.5. The van der Waals surface area contributed by atoms with E-state index in [1.165, 1.54) is 5.56 Å². The zero-order valence-corrected chi connectivity index (χ0v) is 10.8. The lowest BCUT2D eigenvalue weighted by Gasteiger charge is -2.08. The predicted molar refractivity (Wildman–Crippen MR) is 70.0 cm³/mol. The van der Waals surface area contributed by atoms with Crippen LogP contribution in [0.5, 0.6) is 0 Å². The number of ketones is 1. The summed E-state index contributed by atoms with van der Waals surface area (Å²) >= 11 is 0. The van der Waals surface area contributed by atoms with E-state index in [2.05, 4.69) is 12.1 Å². The molecule has 1 atom stereocenters. The molecule has 0 spiro atoms. The van der Waals surface area contributed by atoms with Gasteiger partial charge in [-0.1, -0.05) is 44.2 Å². The van der Waals surface area contributed by atoms with Gasteiger partial charge in [-0.05, 0) is 24.8 Å². The Morgan fingerprint density at radius 1 is 1.29 bits per heavy atom. The second kappa shape index (κ2) is 8.02. The summed E-state index contributed by atoms with van der Waals surface area (Å²) in [7, 11) is 0. The van der Waals surface area contributed by atoms with Crippen LogP contribution in [-0.4, -0.2) is 19.0 Å². The van der Waals surface area contributed by atoms with Gasteiger partial charge in [-0.25, -0.2) is 0 Å². The first-order valence-corrected chi connectivity index (χ1v) is 6.38. The highest BCUT2D eigenvalue weighted by atomic mass is 16.5. The summed E-state index contributed by atoms with van der Waals surface area (Å²) in [6.45, 7) is 4.91. The lowest BCUT2D eigenvalue weighted by Crippen LogP contribution is -2.17. The van der Waals surface area contributed by atoms with E-state index in [4.69, 9.17) is 4.74 Å². The number of rotatable bonds is 8. The van der Waals surface area contributed by atoms with E-state index in [-0.39, 0.29) is 18.3 Å². The average Bonchev–Trinajstić information content (AvgIpc) is 2.38. The molecule has 0 bridgehead atoms. The summed E-state index contributed by atoms with van der Waals surface area (Å²) in [5.41, 5.74) is 1.32. The van der Waals surface area contributed by atoms with Gasteiger partial charge in [0.25, 0.3) is 0 Å². The van der Waals surface area contributed by atoms with Gasteiger partial charge in [0.15, 0.2) is 5.78 Å². The highest BCUT2D eigenvalue weighted by Gasteiger charge is 2.09. The molecule has 1 rings (SSSR count). The number of carbonyl (C=O) groups is 1. The molecule has 0 aromatic heterocycles. The molecule has 1 unspecified atom stereocenters. The Morgan fingerprint density at radius 2 is 2.00 bits per heavy atom. The highest BCUT2D eigenvalue weighted by molar-refractivity contribution is 5.81. The van der Waals surface area contributed by atoms with Crippen LogP contribution in [0.15, 0.2) is 30.3 Å². The zero-order chi connectivity index (χ0) is 12.5. The molecular formula is C15H22O2. The summed E-state index contributed by atoms with van der Waals surface area (Å²) in [6, 6.07) is 10.3. The van der Waals surface area contributed by atoms with Crippen molar-refractivity contribution in [2.75, 3.05) is 13.2 Å². The van der Waals surface area contributed by atoms with Gasteiger partial charge in [0.05, 0.1) is 0 Å². The Labute approximate surface area is 104 Å². The molecule has 2 nitrogen and oxygen atoms in total. The van der Waals surface area contributed by atoms with Gasteiger partial charge in [0, 0.05) is 12.5 Å². The molecule has 0 saturated heterocycles. The van der Waals surface area contributed by atoms with Crippen molar-refractivity contribution >= 4 is 5.78 Å². The summed E-state index contributed by atoms with van der Waals surface area (Å²) in [5.74, 6) is 0.344. The van der Waals surface area contributed by atoms with Crippen molar-refractivity contribution in [3.63, 3.8) is 0 Å². The van der Waals surface area contributed by atoms with Crippen molar-refractivity contribution in [3.8, 4) is 0 Å². The number of aryl methyl sites for hydroxylation is 1. The van der Waals surface area contributed by atoms with E-state index in [1.54, 1.807) is 0 Å². The second-order valence-corrected chi connectivity index (χ2v) is 4.42. The molecule has 0 heterocycles. The summed E-state index contributed by atoms with van der Waals surface area (Å²) in [6.07, 6.45) is 2.88. The van der Waals surface area contributed by atoms with Crippen molar-refractivity contribution in [3.05, 3.63) is 35.9 Å². The minimum Gasteiger partial charge on any atom is -0.374 e. The van der Waals surface area contributed by atoms with Crippen LogP contribution in [0.4, 0.5) is 0 Å². The molecule has 94 valence electrons. The van der Waals surface area contributed by atoms with Crippen LogP contribution in [0.1, 0.15) is 32.3 Å². The second-order valence-electron chi connectivity index (χ2n) is 4.42. The molecule has 0 saturated carbocycles. The van der Waals surface area contributed by atoms with E-state index in [0.717, 1.165) is 19.3 Å². The zero-order valence-electron chi connectivity index (χ0n) is 10.8. The molecule has 1 aromatic carbocycles.